The van der Waals surface area contributed by atoms with Crippen LogP contribution in [0.25, 0.3) is 10.8 Å². The summed E-state index contributed by atoms with van der Waals surface area (Å²) in [7, 11) is 0. The third kappa shape index (κ3) is 5.93. The normalized spacial score (nSPS) is 13.6. The Morgan fingerprint density at radius 2 is 1.41 bits per heavy atom. The fraction of sp³-hybridized carbons (Fsp3) is 0.208. The van der Waals surface area contributed by atoms with Crippen LogP contribution in [0.1, 0.15) is 15.9 Å². The second-order valence-corrected chi connectivity index (χ2v) is 7.59. The number of carbonyl (C=O) groups is 3. The van der Waals surface area contributed by atoms with Crippen molar-refractivity contribution < 1.29 is 29.5 Å². The van der Waals surface area contributed by atoms with E-state index in [1.54, 1.807) is 12.1 Å². The van der Waals surface area contributed by atoms with Crippen LogP contribution >= 0.6 is 0 Å². The first-order chi connectivity index (χ1) is 16.3. The predicted octanol–water partition coefficient (Wildman–Crippen LogP) is 2.86. The van der Waals surface area contributed by atoms with E-state index in [1.807, 2.05) is 53.4 Å². The van der Waals surface area contributed by atoms with Gasteiger partial charge in [-0.25, -0.2) is 9.59 Å². The van der Waals surface area contributed by atoms with Crippen LogP contribution in [0, 0.1) is 10.1 Å². The number of fused-ring (bicyclic) bond motifs is 1. The van der Waals surface area contributed by atoms with Crippen LogP contribution in [-0.2, 0) is 16.1 Å². The lowest BCUT2D eigenvalue weighted by Gasteiger charge is -2.34. The fourth-order valence-electron chi connectivity index (χ4n) is 3.75. The molecular formula is C24H23N3O7. The molecule has 0 atom stereocenters. The minimum absolute atomic E-state index is 0.0436. The standard InChI is InChI=1S/C22H21N3O3.C2H2O4/c26-22(20-10-5-8-17-6-1-3-9-19(17)20)24-14-12-23(13-15-24)16-18-7-2-4-11-21(18)25(27)28;3-1(4)2(5)6/h1-11H,12-16H2;(H,3,4)(H,5,6). The lowest BCUT2D eigenvalue weighted by Crippen LogP contribution is -2.48. The zero-order valence-electron chi connectivity index (χ0n) is 18.2. The summed E-state index contributed by atoms with van der Waals surface area (Å²) in [6.07, 6.45) is 0. The Morgan fingerprint density at radius 3 is 2.06 bits per heavy atom. The summed E-state index contributed by atoms with van der Waals surface area (Å²) < 4.78 is 0. The monoisotopic (exact) mass is 465 g/mol. The van der Waals surface area contributed by atoms with Crippen molar-refractivity contribution in [3.05, 3.63) is 88.0 Å². The van der Waals surface area contributed by atoms with Crippen molar-refractivity contribution in [2.24, 2.45) is 0 Å². The van der Waals surface area contributed by atoms with Gasteiger partial charge in [0.2, 0.25) is 0 Å². The minimum atomic E-state index is -1.82. The van der Waals surface area contributed by atoms with Gasteiger partial charge in [-0.1, -0.05) is 54.6 Å². The molecule has 1 aliphatic rings. The van der Waals surface area contributed by atoms with Crippen LogP contribution in [0.5, 0.6) is 0 Å². The Morgan fingerprint density at radius 1 is 0.824 bits per heavy atom. The van der Waals surface area contributed by atoms with Crippen molar-refractivity contribution in [2.75, 3.05) is 26.2 Å². The van der Waals surface area contributed by atoms with Crippen molar-refractivity contribution in [3.8, 4) is 0 Å². The van der Waals surface area contributed by atoms with Crippen LogP contribution in [0.4, 0.5) is 5.69 Å². The number of nitro groups is 1. The van der Waals surface area contributed by atoms with Gasteiger partial charge in [0.25, 0.3) is 11.6 Å². The maximum Gasteiger partial charge on any atom is 0.414 e. The van der Waals surface area contributed by atoms with E-state index < -0.39 is 11.9 Å². The molecule has 4 rings (SSSR count). The number of carboxylic acid groups (broad SMARTS) is 2. The van der Waals surface area contributed by atoms with E-state index in [4.69, 9.17) is 19.8 Å². The van der Waals surface area contributed by atoms with Crippen molar-refractivity contribution in [1.29, 1.82) is 0 Å². The summed E-state index contributed by atoms with van der Waals surface area (Å²) in [4.78, 5) is 46.1. The molecule has 1 aliphatic heterocycles. The van der Waals surface area contributed by atoms with Gasteiger partial charge in [0.1, 0.15) is 0 Å². The second-order valence-electron chi connectivity index (χ2n) is 7.59. The molecule has 0 bridgehead atoms. The van der Waals surface area contributed by atoms with E-state index in [1.165, 1.54) is 6.07 Å². The van der Waals surface area contributed by atoms with Crippen LogP contribution in [0.2, 0.25) is 0 Å². The van der Waals surface area contributed by atoms with Gasteiger partial charge in [-0.2, -0.15) is 0 Å². The van der Waals surface area contributed by atoms with Gasteiger partial charge in [0.15, 0.2) is 0 Å². The van der Waals surface area contributed by atoms with E-state index in [2.05, 4.69) is 4.90 Å². The van der Waals surface area contributed by atoms with Crippen molar-refractivity contribution >= 4 is 34.3 Å². The molecule has 0 aromatic heterocycles. The molecule has 34 heavy (non-hydrogen) atoms. The van der Waals surface area contributed by atoms with E-state index in [0.29, 0.717) is 38.3 Å². The topological polar surface area (TPSA) is 141 Å². The number of carboxylic acids is 2. The summed E-state index contributed by atoms with van der Waals surface area (Å²) in [6.45, 7) is 3.14. The number of benzene rings is 3. The molecule has 1 amide bonds. The Labute approximate surface area is 194 Å². The van der Waals surface area contributed by atoms with Gasteiger partial charge in [-0.3, -0.25) is 19.8 Å². The van der Waals surface area contributed by atoms with Crippen LogP contribution in [0.15, 0.2) is 66.7 Å². The molecule has 2 N–H and O–H groups in total. The van der Waals surface area contributed by atoms with Crippen molar-refractivity contribution in [1.82, 2.24) is 9.80 Å². The highest BCUT2D eigenvalue weighted by Crippen LogP contribution is 2.22. The maximum atomic E-state index is 13.0. The Kier molecular flexibility index (Phi) is 7.88. The molecule has 10 nitrogen and oxygen atoms in total. The number of nitrogens with zero attached hydrogens (tertiary/aromatic N) is 3. The number of hydrogen-bond donors (Lipinski definition) is 2. The average molecular weight is 465 g/mol. The molecule has 10 heteroatoms. The van der Waals surface area contributed by atoms with Gasteiger partial charge in [0, 0.05) is 49.9 Å². The smallest absolute Gasteiger partial charge is 0.414 e. The summed E-state index contributed by atoms with van der Waals surface area (Å²) in [5, 5.41) is 28.0. The lowest BCUT2D eigenvalue weighted by molar-refractivity contribution is -0.385. The highest BCUT2D eigenvalue weighted by atomic mass is 16.6. The van der Waals surface area contributed by atoms with E-state index in [0.717, 1.165) is 16.3 Å². The average Bonchev–Trinajstić information content (AvgIpc) is 2.84. The SMILES string of the molecule is O=C(O)C(=O)O.O=C(c1cccc2ccccc12)N1CCN(Cc2ccccc2[N+](=O)[O-])CC1. The highest BCUT2D eigenvalue weighted by Gasteiger charge is 2.24. The minimum Gasteiger partial charge on any atom is -0.473 e. The first-order valence-corrected chi connectivity index (χ1v) is 10.5. The van der Waals surface area contributed by atoms with Crippen molar-refractivity contribution in [2.45, 2.75) is 6.54 Å². The van der Waals surface area contributed by atoms with Crippen molar-refractivity contribution in [3.63, 3.8) is 0 Å². The summed E-state index contributed by atoms with van der Waals surface area (Å²) in [6, 6.07) is 20.6. The van der Waals surface area contributed by atoms with Gasteiger partial charge < -0.3 is 15.1 Å². The zero-order chi connectivity index (χ0) is 24.7. The molecule has 0 saturated carbocycles. The number of amides is 1. The number of para-hydroxylation sites is 1. The number of hydrogen-bond acceptors (Lipinski definition) is 6. The number of rotatable bonds is 4. The Bertz CT molecular complexity index is 1200. The number of nitro benzene ring substituents is 1. The molecule has 3 aromatic rings. The zero-order valence-corrected chi connectivity index (χ0v) is 18.2. The molecular weight excluding hydrogens is 442 g/mol. The molecule has 3 aromatic carbocycles. The maximum absolute atomic E-state index is 13.0. The summed E-state index contributed by atoms with van der Waals surface area (Å²) in [5.74, 6) is -3.60. The van der Waals surface area contributed by atoms with Gasteiger partial charge in [-0.15, -0.1) is 0 Å². The number of aliphatic carboxylic acids is 2. The Balaban J connectivity index is 0.000000481. The molecule has 176 valence electrons. The van der Waals surface area contributed by atoms with Gasteiger partial charge in [-0.05, 0) is 16.8 Å². The quantitative estimate of drug-likeness (QED) is 0.340. The molecule has 0 spiro atoms. The fourth-order valence-corrected chi connectivity index (χ4v) is 3.75. The largest absolute Gasteiger partial charge is 0.473 e. The first kappa shape index (κ1) is 24.3. The van der Waals surface area contributed by atoms with E-state index >= 15 is 0 Å². The number of piperazine rings is 1. The first-order valence-electron chi connectivity index (χ1n) is 10.5. The second kappa shape index (κ2) is 11.0. The third-order valence-corrected chi connectivity index (χ3v) is 5.44. The van der Waals surface area contributed by atoms with Gasteiger partial charge >= 0.3 is 11.9 Å². The molecule has 0 unspecified atom stereocenters. The lowest BCUT2D eigenvalue weighted by atomic mass is 10.0. The van der Waals surface area contributed by atoms with Gasteiger partial charge in [0.05, 0.1) is 4.92 Å². The highest BCUT2D eigenvalue weighted by molar-refractivity contribution is 6.27. The third-order valence-electron chi connectivity index (χ3n) is 5.44. The van der Waals surface area contributed by atoms with Crippen LogP contribution < -0.4 is 0 Å². The molecule has 1 fully saturated rings. The molecule has 1 heterocycles. The molecule has 1 saturated heterocycles. The van der Waals surface area contributed by atoms with E-state index in [9.17, 15) is 14.9 Å². The molecule has 0 aliphatic carbocycles. The van der Waals surface area contributed by atoms with E-state index in [-0.39, 0.29) is 16.5 Å². The molecule has 0 radical (unpaired) electrons. The van der Waals surface area contributed by atoms with Crippen LogP contribution in [0.3, 0.4) is 0 Å². The summed E-state index contributed by atoms with van der Waals surface area (Å²) >= 11 is 0. The van der Waals surface area contributed by atoms with Crippen LogP contribution in [-0.4, -0.2) is 69.0 Å². The summed E-state index contributed by atoms with van der Waals surface area (Å²) in [5.41, 5.74) is 1.59. The Hall–Kier alpha value is -4.31. The predicted molar refractivity (Wildman–Crippen MR) is 123 cm³/mol. The number of carbonyl (C=O) groups excluding carboxylic acids is 1.